The lowest BCUT2D eigenvalue weighted by Crippen LogP contribution is -2.19. The average Bonchev–Trinajstić information content (AvgIpc) is 3.29. The summed E-state index contributed by atoms with van der Waals surface area (Å²) in [5.74, 6) is -0.544. The van der Waals surface area contributed by atoms with Crippen LogP contribution in [-0.4, -0.2) is 22.2 Å². The highest BCUT2D eigenvalue weighted by molar-refractivity contribution is 8.18. The number of carbonyl (C=O) groups excluding carboxylic acids is 1. The van der Waals surface area contributed by atoms with Gasteiger partial charge in [-0.1, -0.05) is 41.4 Å². The molecule has 30 heavy (non-hydrogen) atoms. The predicted octanol–water partition coefficient (Wildman–Crippen LogP) is 5.84. The van der Waals surface area contributed by atoms with Gasteiger partial charge in [0.25, 0.3) is 5.91 Å². The summed E-state index contributed by atoms with van der Waals surface area (Å²) >= 11 is 13.5. The Morgan fingerprint density at radius 3 is 2.53 bits per heavy atom. The fourth-order valence-corrected chi connectivity index (χ4v) is 4.17. The molecule has 2 N–H and O–H groups in total. The Labute approximate surface area is 185 Å². The van der Waals surface area contributed by atoms with Crippen molar-refractivity contribution in [3.63, 3.8) is 0 Å². The number of para-hydroxylation sites is 1. The zero-order valence-electron chi connectivity index (χ0n) is 15.1. The quantitative estimate of drug-likeness (QED) is 0.478. The van der Waals surface area contributed by atoms with Crippen LogP contribution in [0, 0.1) is 0 Å². The molecule has 3 aromatic rings. The molecule has 0 bridgehead atoms. The third-order valence-corrected chi connectivity index (χ3v) is 5.66. The lowest BCUT2D eigenvalue weighted by atomic mass is 10.2. The number of carboxylic acid groups (broad SMARTS) is 1. The Hall–Kier alpha value is -3.00. The molecule has 9 heteroatoms. The third kappa shape index (κ3) is 4.14. The van der Waals surface area contributed by atoms with Gasteiger partial charge in [-0.05, 0) is 48.2 Å². The van der Waals surface area contributed by atoms with Crippen LogP contribution in [0.15, 0.2) is 68.9 Å². The van der Waals surface area contributed by atoms with Crippen molar-refractivity contribution in [1.29, 1.82) is 0 Å². The van der Waals surface area contributed by atoms with E-state index in [1.165, 1.54) is 6.07 Å². The minimum atomic E-state index is -1.10. The molecule has 1 aromatic heterocycles. The zero-order valence-corrected chi connectivity index (χ0v) is 17.4. The highest BCUT2D eigenvalue weighted by atomic mass is 35.5. The number of carboxylic acids is 1. The molecule has 0 saturated carbocycles. The van der Waals surface area contributed by atoms with E-state index < -0.39 is 5.97 Å². The van der Waals surface area contributed by atoms with E-state index in [0.717, 1.165) is 11.8 Å². The molecule has 1 aliphatic rings. The summed E-state index contributed by atoms with van der Waals surface area (Å²) in [5, 5.41) is 13.1. The van der Waals surface area contributed by atoms with Crippen LogP contribution in [0.2, 0.25) is 10.0 Å². The topological polar surface area (TPSA) is 91.9 Å². The molecule has 2 aromatic carbocycles. The van der Waals surface area contributed by atoms with E-state index >= 15 is 0 Å². The summed E-state index contributed by atoms with van der Waals surface area (Å²) in [6, 6.07) is 14.9. The molecule has 6 nitrogen and oxygen atoms in total. The highest BCUT2D eigenvalue weighted by Crippen LogP contribution is 2.36. The number of hydrogen-bond acceptors (Lipinski definition) is 5. The smallest absolute Gasteiger partial charge is 0.337 e. The van der Waals surface area contributed by atoms with Crippen molar-refractivity contribution in [3.05, 3.63) is 80.9 Å². The van der Waals surface area contributed by atoms with E-state index in [1.807, 2.05) is 0 Å². The molecule has 1 fully saturated rings. The number of amidine groups is 1. The van der Waals surface area contributed by atoms with Crippen LogP contribution in [0.4, 0.5) is 5.69 Å². The number of nitrogens with zero attached hydrogens (tertiary/aromatic N) is 1. The summed E-state index contributed by atoms with van der Waals surface area (Å²) in [6.45, 7) is 0. The van der Waals surface area contributed by atoms with Crippen LogP contribution < -0.4 is 5.32 Å². The summed E-state index contributed by atoms with van der Waals surface area (Å²) in [4.78, 5) is 28.2. The van der Waals surface area contributed by atoms with Crippen LogP contribution in [0.5, 0.6) is 0 Å². The Morgan fingerprint density at radius 1 is 1.07 bits per heavy atom. The van der Waals surface area contributed by atoms with Gasteiger partial charge >= 0.3 is 5.97 Å². The number of amides is 1. The lowest BCUT2D eigenvalue weighted by Gasteiger charge is -2.02. The monoisotopic (exact) mass is 458 g/mol. The van der Waals surface area contributed by atoms with Gasteiger partial charge in [0, 0.05) is 6.08 Å². The molecule has 4 rings (SSSR count). The first-order valence-corrected chi connectivity index (χ1v) is 10.2. The fraction of sp³-hybridized carbons (Fsp3) is 0. The van der Waals surface area contributed by atoms with Gasteiger partial charge in [0.2, 0.25) is 0 Å². The van der Waals surface area contributed by atoms with Crippen LogP contribution in [-0.2, 0) is 4.79 Å². The number of carbonyl (C=O) groups is 2. The largest absolute Gasteiger partial charge is 0.478 e. The van der Waals surface area contributed by atoms with Crippen molar-refractivity contribution >= 4 is 63.8 Å². The van der Waals surface area contributed by atoms with Gasteiger partial charge in [-0.15, -0.1) is 0 Å². The van der Waals surface area contributed by atoms with Crippen molar-refractivity contribution in [2.45, 2.75) is 0 Å². The average molecular weight is 459 g/mol. The maximum atomic E-state index is 12.3. The minimum absolute atomic E-state index is 0.0459. The van der Waals surface area contributed by atoms with Crippen molar-refractivity contribution in [2.75, 3.05) is 0 Å². The number of thioether (sulfide) groups is 1. The molecular formula is C21H12Cl2N2O4S. The summed E-state index contributed by atoms with van der Waals surface area (Å²) in [7, 11) is 0. The fourth-order valence-electron chi connectivity index (χ4n) is 2.77. The van der Waals surface area contributed by atoms with Gasteiger partial charge in [-0.2, -0.15) is 0 Å². The molecule has 2 heterocycles. The first-order valence-electron chi connectivity index (χ1n) is 8.58. The second-order valence-corrected chi connectivity index (χ2v) is 7.95. The minimum Gasteiger partial charge on any atom is -0.478 e. The molecular weight excluding hydrogens is 447 g/mol. The number of nitrogens with one attached hydrogen (secondary N) is 1. The third-order valence-electron chi connectivity index (χ3n) is 4.12. The summed E-state index contributed by atoms with van der Waals surface area (Å²) in [5.41, 5.74) is 0.869. The van der Waals surface area contributed by atoms with Gasteiger partial charge < -0.3 is 14.8 Å². The Bertz CT molecular complexity index is 1210. The number of hydrogen-bond donors (Lipinski definition) is 2. The number of halogens is 2. The Kier molecular flexibility index (Phi) is 5.67. The molecule has 0 spiro atoms. The van der Waals surface area contributed by atoms with E-state index in [0.29, 0.717) is 32.0 Å². The van der Waals surface area contributed by atoms with Crippen molar-refractivity contribution in [3.8, 4) is 11.3 Å². The maximum Gasteiger partial charge on any atom is 0.337 e. The Balaban J connectivity index is 1.60. The molecule has 1 saturated heterocycles. The number of rotatable bonds is 4. The van der Waals surface area contributed by atoms with E-state index in [-0.39, 0.29) is 22.3 Å². The van der Waals surface area contributed by atoms with Crippen LogP contribution >= 0.6 is 35.0 Å². The van der Waals surface area contributed by atoms with E-state index in [4.69, 9.17) is 27.6 Å². The van der Waals surface area contributed by atoms with Crippen molar-refractivity contribution in [1.82, 2.24) is 5.32 Å². The normalized spacial score (nSPS) is 16.3. The molecule has 150 valence electrons. The first-order chi connectivity index (χ1) is 14.4. The predicted molar refractivity (Wildman–Crippen MR) is 118 cm³/mol. The van der Waals surface area contributed by atoms with Crippen LogP contribution in [0.3, 0.4) is 0 Å². The molecule has 0 unspecified atom stereocenters. The van der Waals surface area contributed by atoms with E-state index in [1.54, 1.807) is 54.6 Å². The van der Waals surface area contributed by atoms with Gasteiger partial charge in [0.1, 0.15) is 11.5 Å². The molecule has 0 radical (unpaired) electrons. The van der Waals surface area contributed by atoms with Crippen LogP contribution in [0.1, 0.15) is 16.1 Å². The lowest BCUT2D eigenvalue weighted by molar-refractivity contribution is -0.115. The zero-order chi connectivity index (χ0) is 21.3. The van der Waals surface area contributed by atoms with Gasteiger partial charge in [-0.3, -0.25) is 4.79 Å². The van der Waals surface area contributed by atoms with Gasteiger partial charge in [0.15, 0.2) is 5.17 Å². The second kappa shape index (κ2) is 8.39. The van der Waals surface area contributed by atoms with Gasteiger partial charge in [-0.25, -0.2) is 9.79 Å². The number of aromatic carboxylic acids is 1. The Morgan fingerprint density at radius 2 is 1.80 bits per heavy atom. The molecule has 1 aliphatic heterocycles. The number of aliphatic imine (C=N–C) groups is 1. The maximum absolute atomic E-state index is 12.3. The van der Waals surface area contributed by atoms with Crippen molar-refractivity contribution in [2.24, 2.45) is 4.99 Å². The van der Waals surface area contributed by atoms with Gasteiger partial charge in [0.05, 0.1) is 31.8 Å². The SMILES string of the molecule is O=C1NC(=Nc2ccccc2C(=O)O)SC1=Cc1ccc(-c2c(Cl)cccc2Cl)o1. The second-order valence-electron chi connectivity index (χ2n) is 6.10. The molecule has 0 aliphatic carbocycles. The van der Waals surface area contributed by atoms with Crippen LogP contribution in [0.25, 0.3) is 17.4 Å². The molecule has 0 atom stereocenters. The highest BCUT2D eigenvalue weighted by Gasteiger charge is 2.25. The number of benzene rings is 2. The molecule has 1 amide bonds. The van der Waals surface area contributed by atoms with Crippen molar-refractivity contribution < 1.29 is 19.1 Å². The van der Waals surface area contributed by atoms with E-state index in [9.17, 15) is 14.7 Å². The summed E-state index contributed by atoms with van der Waals surface area (Å²) < 4.78 is 5.79. The summed E-state index contributed by atoms with van der Waals surface area (Å²) in [6.07, 6.45) is 1.57. The van der Waals surface area contributed by atoms with E-state index in [2.05, 4.69) is 10.3 Å². The first kappa shape index (κ1) is 20.3. The standard InChI is InChI=1S/C21H12Cl2N2O4S/c22-13-5-3-6-14(23)18(13)16-9-8-11(29-16)10-17-19(26)25-21(30-17)24-15-7-2-1-4-12(15)20(27)28/h1-10H,(H,27,28)(H,24,25,26). The number of furan rings is 1.